The molecule has 0 saturated carbocycles. The number of esters is 2. The molecule has 2 aromatic rings. The lowest BCUT2D eigenvalue weighted by Crippen LogP contribution is -2.42. The number of hydrogen-bond acceptors (Lipinski definition) is 5. The Morgan fingerprint density at radius 2 is 1.79 bits per heavy atom. The smallest absolute Gasteiger partial charge is 0.337 e. The van der Waals surface area contributed by atoms with Crippen LogP contribution in [0.25, 0.3) is 6.08 Å². The van der Waals surface area contributed by atoms with Crippen LogP contribution in [0, 0.1) is 0 Å². The minimum absolute atomic E-state index is 0.235. The summed E-state index contributed by atoms with van der Waals surface area (Å²) in [5.74, 6) is -1.26. The first-order chi connectivity index (χ1) is 14.0. The van der Waals surface area contributed by atoms with E-state index < -0.39 is 18.0 Å². The van der Waals surface area contributed by atoms with Crippen LogP contribution in [-0.4, -0.2) is 37.6 Å². The Morgan fingerprint density at radius 3 is 2.52 bits per heavy atom. The number of nitrogens with zero attached hydrogens (tertiary/aromatic N) is 1. The van der Waals surface area contributed by atoms with Crippen molar-refractivity contribution in [3.05, 3.63) is 71.3 Å². The molecule has 6 nitrogen and oxygen atoms in total. The van der Waals surface area contributed by atoms with Crippen molar-refractivity contribution in [1.82, 2.24) is 0 Å². The highest BCUT2D eigenvalue weighted by molar-refractivity contribution is 5.99. The molecule has 1 amide bonds. The zero-order valence-electron chi connectivity index (χ0n) is 16.5. The molecule has 29 heavy (non-hydrogen) atoms. The topological polar surface area (TPSA) is 72.9 Å². The van der Waals surface area contributed by atoms with Gasteiger partial charge in [0.2, 0.25) is 0 Å². The predicted molar refractivity (Wildman–Crippen MR) is 109 cm³/mol. The highest BCUT2D eigenvalue weighted by atomic mass is 16.5. The molecular weight excluding hydrogens is 370 g/mol. The molecule has 0 saturated heterocycles. The van der Waals surface area contributed by atoms with Gasteiger partial charge in [0.1, 0.15) is 0 Å². The van der Waals surface area contributed by atoms with Gasteiger partial charge in [0.15, 0.2) is 6.10 Å². The van der Waals surface area contributed by atoms with Crippen molar-refractivity contribution in [2.75, 3.05) is 18.6 Å². The van der Waals surface area contributed by atoms with Gasteiger partial charge in [-0.05, 0) is 55.2 Å². The maximum Gasteiger partial charge on any atom is 0.337 e. The molecule has 1 heterocycles. The number of methoxy groups -OCH3 is 1. The molecule has 3 rings (SSSR count). The molecule has 0 unspecified atom stereocenters. The summed E-state index contributed by atoms with van der Waals surface area (Å²) in [5, 5.41) is 0. The van der Waals surface area contributed by atoms with E-state index in [0.717, 1.165) is 29.7 Å². The second-order valence-electron chi connectivity index (χ2n) is 6.75. The number of hydrogen-bond donors (Lipinski definition) is 0. The minimum Gasteiger partial charge on any atom is -0.465 e. The third kappa shape index (κ3) is 4.90. The van der Waals surface area contributed by atoms with Crippen molar-refractivity contribution in [2.45, 2.75) is 25.9 Å². The van der Waals surface area contributed by atoms with Gasteiger partial charge in [-0.15, -0.1) is 0 Å². The van der Waals surface area contributed by atoms with E-state index in [9.17, 15) is 14.4 Å². The molecule has 2 aromatic carbocycles. The maximum atomic E-state index is 12.8. The van der Waals surface area contributed by atoms with Crippen LogP contribution < -0.4 is 4.90 Å². The third-order valence-electron chi connectivity index (χ3n) is 4.76. The fourth-order valence-electron chi connectivity index (χ4n) is 3.26. The molecule has 0 aromatic heterocycles. The maximum absolute atomic E-state index is 12.8. The van der Waals surface area contributed by atoms with Crippen molar-refractivity contribution >= 4 is 29.6 Å². The number of carbonyl (C=O) groups is 3. The fourth-order valence-corrected chi connectivity index (χ4v) is 3.26. The molecule has 0 bridgehead atoms. The number of benzene rings is 2. The molecule has 1 aliphatic rings. The van der Waals surface area contributed by atoms with E-state index in [1.54, 1.807) is 42.2 Å². The largest absolute Gasteiger partial charge is 0.465 e. The first-order valence-corrected chi connectivity index (χ1v) is 9.46. The number of ether oxygens (including phenoxy) is 2. The SMILES string of the molecule is COC(=O)c1ccc(/C=C/C(=O)O[C@@H](C)C(=O)N2CCCc3ccccc32)cc1. The fraction of sp³-hybridized carbons (Fsp3) is 0.261. The van der Waals surface area contributed by atoms with Gasteiger partial charge in [0.05, 0.1) is 12.7 Å². The Balaban J connectivity index is 1.60. The zero-order valence-corrected chi connectivity index (χ0v) is 16.5. The summed E-state index contributed by atoms with van der Waals surface area (Å²) >= 11 is 0. The van der Waals surface area contributed by atoms with Crippen molar-refractivity contribution in [1.29, 1.82) is 0 Å². The average molecular weight is 393 g/mol. The quantitative estimate of drug-likeness (QED) is 0.575. The number of rotatable bonds is 5. The molecule has 1 atom stereocenters. The Morgan fingerprint density at radius 1 is 1.07 bits per heavy atom. The van der Waals surface area contributed by atoms with Crippen LogP contribution in [0.2, 0.25) is 0 Å². The van der Waals surface area contributed by atoms with Gasteiger partial charge in [0, 0.05) is 18.3 Å². The van der Waals surface area contributed by atoms with Gasteiger partial charge in [0.25, 0.3) is 5.91 Å². The lowest BCUT2D eigenvalue weighted by atomic mass is 10.0. The van der Waals surface area contributed by atoms with Crippen molar-refractivity contribution in [3.63, 3.8) is 0 Å². The van der Waals surface area contributed by atoms with E-state index >= 15 is 0 Å². The summed E-state index contributed by atoms with van der Waals surface area (Å²) in [6, 6.07) is 14.4. The molecule has 0 aliphatic carbocycles. The Kier molecular flexibility index (Phi) is 6.44. The van der Waals surface area contributed by atoms with E-state index in [1.807, 2.05) is 24.3 Å². The van der Waals surface area contributed by atoms with Gasteiger partial charge in [-0.2, -0.15) is 0 Å². The summed E-state index contributed by atoms with van der Waals surface area (Å²) in [4.78, 5) is 38.0. The molecule has 0 radical (unpaired) electrons. The Hall–Kier alpha value is -3.41. The molecule has 0 spiro atoms. The van der Waals surface area contributed by atoms with Crippen molar-refractivity contribution < 1.29 is 23.9 Å². The molecule has 0 fully saturated rings. The number of fused-ring (bicyclic) bond motifs is 1. The molecule has 1 aliphatic heterocycles. The van der Waals surface area contributed by atoms with Crippen LogP contribution in [0.4, 0.5) is 5.69 Å². The van der Waals surface area contributed by atoms with Gasteiger partial charge in [-0.25, -0.2) is 9.59 Å². The van der Waals surface area contributed by atoms with E-state index in [0.29, 0.717) is 12.1 Å². The standard InChI is InChI=1S/C23H23NO5/c1-16(22(26)24-15-5-7-18-6-3-4-8-20(18)24)29-21(25)14-11-17-9-12-19(13-10-17)23(27)28-2/h3-4,6,8-14,16H,5,7,15H2,1-2H3/b14-11+/t16-/m0/s1. The second-order valence-corrected chi connectivity index (χ2v) is 6.75. The third-order valence-corrected chi connectivity index (χ3v) is 4.76. The number of carbonyl (C=O) groups excluding carboxylic acids is 3. The monoisotopic (exact) mass is 393 g/mol. The zero-order chi connectivity index (χ0) is 20.8. The molecular formula is C23H23NO5. The van der Waals surface area contributed by atoms with Crippen LogP contribution >= 0.6 is 0 Å². The van der Waals surface area contributed by atoms with Gasteiger partial charge >= 0.3 is 11.9 Å². The number of para-hydroxylation sites is 1. The van der Waals surface area contributed by atoms with Crippen LogP contribution in [-0.2, 0) is 25.5 Å². The van der Waals surface area contributed by atoms with E-state index in [2.05, 4.69) is 4.74 Å². The number of amides is 1. The van der Waals surface area contributed by atoms with Gasteiger partial charge in [-0.1, -0.05) is 30.3 Å². The normalized spacial score (nSPS) is 14.2. The van der Waals surface area contributed by atoms with Crippen LogP contribution in [0.5, 0.6) is 0 Å². The molecule has 0 N–H and O–H groups in total. The first-order valence-electron chi connectivity index (χ1n) is 9.46. The van der Waals surface area contributed by atoms with Crippen molar-refractivity contribution in [3.8, 4) is 0 Å². The van der Waals surface area contributed by atoms with Gasteiger partial charge in [-0.3, -0.25) is 4.79 Å². The lowest BCUT2D eigenvalue weighted by molar-refractivity contribution is -0.149. The molecule has 150 valence electrons. The average Bonchev–Trinajstić information content (AvgIpc) is 2.76. The summed E-state index contributed by atoms with van der Waals surface area (Å²) in [6.07, 6.45) is 3.76. The van der Waals surface area contributed by atoms with Gasteiger partial charge < -0.3 is 14.4 Å². The number of aryl methyl sites for hydroxylation is 1. The summed E-state index contributed by atoms with van der Waals surface area (Å²) in [7, 11) is 1.32. The summed E-state index contributed by atoms with van der Waals surface area (Å²) < 4.78 is 9.94. The summed E-state index contributed by atoms with van der Waals surface area (Å²) in [6.45, 7) is 2.19. The Bertz CT molecular complexity index is 933. The van der Waals surface area contributed by atoms with E-state index in [-0.39, 0.29) is 5.91 Å². The highest BCUT2D eigenvalue weighted by Crippen LogP contribution is 2.27. The second kappa shape index (κ2) is 9.19. The van der Waals surface area contributed by atoms with Crippen LogP contribution in [0.1, 0.15) is 34.8 Å². The predicted octanol–water partition coefficient (Wildman–Crippen LogP) is 3.40. The summed E-state index contributed by atoms with van der Waals surface area (Å²) in [5.41, 5.74) is 3.15. The van der Waals surface area contributed by atoms with E-state index in [4.69, 9.17) is 4.74 Å². The Labute approximate surface area is 169 Å². The molecule has 6 heteroatoms. The number of anilines is 1. The van der Waals surface area contributed by atoms with Crippen LogP contribution in [0.15, 0.2) is 54.6 Å². The van der Waals surface area contributed by atoms with Crippen LogP contribution in [0.3, 0.4) is 0 Å². The van der Waals surface area contributed by atoms with Crippen molar-refractivity contribution in [2.24, 2.45) is 0 Å². The first kappa shape index (κ1) is 20.3. The highest BCUT2D eigenvalue weighted by Gasteiger charge is 2.27. The van der Waals surface area contributed by atoms with E-state index in [1.165, 1.54) is 13.2 Å². The minimum atomic E-state index is -0.889. The lowest BCUT2D eigenvalue weighted by Gasteiger charge is -2.31.